The molecule has 0 bridgehead atoms. The molecule has 7 heteroatoms. The van der Waals surface area contributed by atoms with Gasteiger partial charge in [-0.15, -0.1) is 11.3 Å². The fraction of sp³-hybridized carbons (Fsp3) is 0.562. The summed E-state index contributed by atoms with van der Waals surface area (Å²) in [7, 11) is 1.86. The van der Waals surface area contributed by atoms with Crippen molar-refractivity contribution >= 4 is 17.2 Å². The molecule has 3 heterocycles. The van der Waals surface area contributed by atoms with E-state index in [-0.39, 0.29) is 11.9 Å². The molecule has 0 saturated carbocycles. The number of aromatic nitrogens is 3. The van der Waals surface area contributed by atoms with Crippen molar-refractivity contribution in [2.75, 3.05) is 6.54 Å². The minimum Gasteiger partial charge on any atom is -0.388 e. The number of likely N-dealkylation sites (tertiary alicyclic amines) is 1. The lowest BCUT2D eigenvalue weighted by molar-refractivity contribution is 0.000479. The molecular formula is C16H22N4O2S. The average Bonchev–Trinajstić information content (AvgIpc) is 3.15. The summed E-state index contributed by atoms with van der Waals surface area (Å²) in [4.78, 5) is 19.9. The molecule has 23 heavy (non-hydrogen) atoms. The van der Waals surface area contributed by atoms with Crippen molar-refractivity contribution in [1.29, 1.82) is 0 Å². The standard InChI is InChI=1S/C16H22N4O2S/c1-10-13(23-14(18-10)11-8-17-19(4)9-11)15(21)20-7-5-6-12(20)16(2,3)22/h8-9,12,22H,5-7H2,1-4H3. The number of aryl methyl sites for hydroxylation is 2. The molecule has 6 nitrogen and oxygen atoms in total. The lowest BCUT2D eigenvalue weighted by Crippen LogP contribution is -2.48. The first-order chi connectivity index (χ1) is 10.8. The van der Waals surface area contributed by atoms with Gasteiger partial charge in [0.05, 0.1) is 23.5 Å². The summed E-state index contributed by atoms with van der Waals surface area (Å²) in [5.41, 5.74) is 0.761. The topological polar surface area (TPSA) is 71.2 Å². The van der Waals surface area contributed by atoms with Gasteiger partial charge in [-0.25, -0.2) is 4.98 Å². The van der Waals surface area contributed by atoms with Crippen molar-refractivity contribution in [1.82, 2.24) is 19.7 Å². The van der Waals surface area contributed by atoms with Crippen LogP contribution in [0.1, 0.15) is 42.1 Å². The zero-order chi connectivity index (χ0) is 16.8. The Morgan fingerprint density at radius 2 is 2.22 bits per heavy atom. The first-order valence-corrected chi connectivity index (χ1v) is 8.59. The molecule has 0 radical (unpaired) electrons. The summed E-state index contributed by atoms with van der Waals surface area (Å²) >= 11 is 1.40. The Hall–Kier alpha value is -1.73. The van der Waals surface area contributed by atoms with Crippen LogP contribution < -0.4 is 0 Å². The summed E-state index contributed by atoms with van der Waals surface area (Å²) in [5.74, 6) is -0.0280. The number of nitrogens with zero attached hydrogens (tertiary/aromatic N) is 4. The number of rotatable bonds is 3. The van der Waals surface area contributed by atoms with E-state index in [0.29, 0.717) is 11.4 Å². The molecule has 1 amide bonds. The Labute approximate surface area is 139 Å². The molecular weight excluding hydrogens is 312 g/mol. The van der Waals surface area contributed by atoms with Crippen LogP contribution in [0.15, 0.2) is 12.4 Å². The predicted octanol–water partition coefficient (Wildman–Crippen LogP) is 2.23. The van der Waals surface area contributed by atoms with Gasteiger partial charge in [-0.2, -0.15) is 5.10 Å². The Morgan fingerprint density at radius 3 is 2.83 bits per heavy atom. The highest BCUT2D eigenvalue weighted by Gasteiger charge is 2.39. The van der Waals surface area contributed by atoms with Gasteiger partial charge in [0.2, 0.25) is 0 Å². The number of aliphatic hydroxyl groups is 1. The minimum absolute atomic E-state index is 0.0280. The van der Waals surface area contributed by atoms with E-state index >= 15 is 0 Å². The number of carbonyl (C=O) groups excluding carboxylic acids is 1. The van der Waals surface area contributed by atoms with Gasteiger partial charge in [0.1, 0.15) is 9.88 Å². The maximum atomic E-state index is 12.9. The van der Waals surface area contributed by atoms with Crippen LogP contribution in [0.3, 0.4) is 0 Å². The first kappa shape index (κ1) is 16.1. The van der Waals surface area contributed by atoms with E-state index in [4.69, 9.17) is 0 Å². The van der Waals surface area contributed by atoms with Crippen molar-refractivity contribution in [3.63, 3.8) is 0 Å². The van der Waals surface area contributed by atoms with Crippen LogP contribution in [0.4, 0.5) is 0 Å². The molecule has 2 aromatic rings. The van der Waals surface area contributed by atoms with Crippen LogP contribution in [0.25, 0.3) is 10.6 Å². The molecule has 0 aromatic carbocycles. The first-order valence-electron chi connectivity index (χ1n) is 7.77. The molecule has 1 aliphatic rings. The van der Waals surface area contributed by atoms with E-state index < -0.39 is 5.60 Å². The second-order valence-corrected chi connectivity index (χ2v) is 7.65. The highest BCUT2D eigenvalue weighted by Crippen LogP contribution is 2.33. The maximum absolute atomic E-state index is 12.9. The molecule has 1 fully saturated rings. The third kappa shape index (κ3) is 3.03. The average molecular weight is 334 g/mol. The number of amides is 1. The summed E-state index contributed by atoms with van der Waals surface area (Å²) in [6.07, 6.45) is 5.40. The van der Waals surface area contributed by atoms with E-state index in [1.165, 1.54) is 11.3 Å². The van der Waals surface area contributed by atoms with E-state index in [0.717, 1.165) is 29.1 Å². The molecule has 0 spiro atoms. The van der Waals surface area contributed by atoms with Crippen LogP contribution in [0, 0.1) is 6.92 Å². The molecule has 1 unspecified atom stereocenters. The Morgan fingerprint density at radius 1 is 1.48 bits per heavy atom. The second kappa shape index (κ2) is 5.72. The number of carbonyl (C=O) groups is 1. The molecule has 1 aliphatic heterocycles. The van der Waals surface area contributed by atoms with Crippen molar-refractivity contribution in [3.05, 3.63) is 23.0 Å². The van der Waals surface area contributed by atoms with Gasteiger partial charge in [0, 0.05) is 25.4 Å². The van der Waals surface area contributed by atoms with E-state index in [9.17, 15) is 9.90 Å². The Balaban J connectivity index is 1.90. The van der Waals surface area contributed by atoms with Crippen LogP contribution in [0.2, 0.25) is 0 Å². The number of thiazole rings is 1. The van der Waals surface area contributed by atoms with Gasteiger partial charge in [0.25, 0.3) is 5.91 Å². The van der Waals surface area contributed by atoms with Crippen molar-refractivity contribution < 1.29 is 9.90 Å². The van der Waals surface area contributed by atoms with Crippen LogP contribution in [-0.4, -0.2) is 48.9 Å². The smallest absolute Gasteiger partial charge is 0.266 e. The van der Waals surface area contributed by atoms with Gasteiger partial charge in [-0.1, -0.05) is 0 Å². The molecule has 1 N–H and O–H groups in total. The normalized spacial score (nSPS) is 18.7. The monoisotopic (exact) mass is 334 g/mol. The SMILES string of the molecule is Cc1nc(-c2cnn(C)c2)sc1C(=O)N1CCCC1C(C)(C)O. The van der Waals surface area contributed by atoms with Crippen LogP contribution in [-0.2, 0) is 7.05 Å². The summed E-state index contributed by atoms with van der Waals surface area (Å²) in [6.45, 7) is 6.08. The lowest BCUT2D eigenvalue weighted by atomic mass is 9.96. The van der Waals surface area contributed by atoms with Gasteiger partial charge < -0.3 is 10.0 Å². The van der Waals surface area contributed by atoms with Crippen molar-refractivity contribution in [3.8, 4) is 10.6 Å². The molecule has 2 aromatic heterocycles. The number of hydrogen-bond acceptors (Lipinski definition) is 5. The van der Waals surface area contributed by atoms with E-state index in [1.54, 1.807) is 29.6 Å². The largest absolute Gasteiger partial charge is 0.388 e. The molecule has 124 valence electrons. The molecule has 1 atom stereocenters. The summed E-state index contributed by atoms with van der Waals surface area (Å²) in [5, 5.41) is 15.3. The number of hydrogen-bond donors (Lipinski definition) is 1. The van der Waals surface area contributed by atoms with Gasteiger partial charge in [0.15, 0.2) is 0 Å². The van der Waals surface area contributed by atoms with Gasteiger partial charge in [-0.3, -0.25) is 9.48 Å². The molecule has 0 aliphatic carbocycles. The predicted molar refractivity (Wildman–Crippen MR) is 89.4 cm³/mol. The fourth-order valence-corrected chi connectivity index (χ4v) is 4.12. The zero-order valence-corrected chi connectivity index (χ0v) is 14.7. The van der Waals surface area contributed by atoms with Crippen molar-refractivity contribution in [2.45, 2.75) is 45.3 Å². The summed E-state index contributed by atoms with van der Waals surface area (Å²) < 4.78 is 1.72. The summed E-state index contributed by atoms with van der Waals surface area (Å²) in [6, 6.07) is -0.140. The lowest BCUT2D eigenvalue weighted by Gasteiger charge is -2.33. The second-order valence-electron chi connectivity index (χ2n) is 6.65. The Kier molecular flexibility index (Phi) is 4.01. The minimum atomic E-state index is -0.892. The molecule has 3 rings (SSSR count). The highest BCUT2D eigenvalue weighted by molar-refractivity contribution is 7.17. The van der Waals surface area contributed by atoms with Crippen molar-refractivity contribution in [2.24, 2.45) is 7.05 Å². The highest BCUT2D eigenvalue weighted by atomic mass is 32.1. The van der Waals surface area contributed by atoms with Gasteiger partial charge >= 0.3 is 0 Å². The molecule has 1 saturated heterocycles. The van der Waals surface area contributed by atoms with Gasteiger partial charge in [-0.05, 0) is 33.6 Å². The van der Waals surface area contributed by atoms with Crippen LogP contribution >= 0.6 is 11.3 Å². The Bertz CT molecular complexity index is 729. The van der Waals surface area contributed by atoms with E-state index in [1.807, 2.05) is 20.2 Å². The fourth-order valence-electron chi connectivity index (χ4n) is 3.12. The van der Waals surface area contributed by atoms with Crippen LogP contribution in [0.5, 0.6) is 0 Å². The third-order valence-corrected chi connectivity index (χ3v) is 5.47. The maximum Gasteiger partial charge on any atom is 0.266 e. The van der Waals surface area contributed by atoms with E-state index in [2.05, 4.69) is 10.1 Å². The third-order valence-electron chi connectivity index (χ3n) is 4.27. The quantitative estimate of drug-likeness (QED) is 0.934. The zero-order valence-electron chi connectivity index (χ0n) is 13.9.